The second-order valence-corrected chi connectivity index (χ2v) is 6.07. The van der Waals surface area contributed by atoms with Gasteiger partial charge in [-0.15, -0.1) is 0 Å². The lowest BCUT2D eigenvalue weighted by molar-refractivity contribution is 0.338. The number of thioether (sulfide) groups is 1. The third-order valence-electron chi connectivity index (χ3n) is 3.29. The fourth-order valence-corrected chi connectivity index (χ4v) is 3.61. The van der Waals surface area contributed by atoms with Gasteiger partial charge in [-0.3, -0.25) is 4.98 Å². The quantitative estimate of drug-likeness (QED) is 0.859. The first kappa shape index (κ1) is 13.7. The molecule has 1 atom stereocenters. The molecule has 1 heterocycles. The lowest BCUT2D eigenvalue weighted by atomic mass is 10.1. The smallest absolute Gasteiger partial charge is 0.137 e. The Morgan fingerprint density at radius 1 is 1.44 bits per heavy atom. The Hall–Kier alpha value is -0.740. The van der Waals surface area contributed by atoms with E-state index in [4.69, 9.17) is 10.5 Å². The van der Waals surface area contributed by atoms with Crippen LogP contribution in [-0.4, -0.2) is 22.6 Å². The minimum Gasteiger partial charge on any atom is -0.492 e. The fraction of sp³-hybridized carbons (Fsp3) is 0.643. The molecule has 0 amide bonds. The third kappa shape index (κ3) is 3.89. The zero-order valence-corrected chi connectivity index (χ0v) is 11.8. The first-order valence-electron chi connectivity index (χ1n) is 6.74. The predicted molar refractivity (Wildman–Crippen MR) is 77.0 cm³/mol. The van der Waals surface area contributed by atoms with Crippen LogP contribution in [0.1, 0.15) is 44.2 Å². The number of hydrogen-bond donors (Lipinski definition) is 1. The van der Waals surface area contributed by atoms with E-state index in [2.05, 4.69) is 4.98 Å². The maximum absolute atomic E-state index is 6.22. The molecule has 0 aromatic carbocycles. The summed E-state index contributed by atoms with van der Waals surface area (Å²) >= 11 is 2.01. The van der Waals surface area contributed by atoms with Gasteiger partial charge < -0.3 is 10.5 Å². The number of nitrogens with two attached hydrogens (primary N) is 1. The molecule has 18 heavy (non-hydrogen) atoms. The average molecular weight is 266 g/mol. The third-order valence-corrected chi connectivity index (χ3v) is 4.78. The van der Waals surface area contributed by atoms with E-state index < -0.39 is 0 Å². The molecule has 1 fully saturated rings. The summed E-state index contributed by atoms with van der Waals surface area (Å²) in [5.74, 6) is 1.79. The van der Waals surface area contributed by atoms with E-state index in [1.165, 1.54) is 25.7 Å². The number of hydrogen-bond acceptors (Lipinski definition) is 4. The van der Waals surface area contributed by atoms with Gasteiger partial charge in [-0.05, 0) is 31.4 Å². The first-order chi connectivity index (χ1) is 8.79. The van der Waals surface area contributed by atoms with Crippen LogP contribution in [0.3, 0.4) is 0 Å². The molecule has 100 valence electrons. The van der Waals surface area contributed by atoms with Gasteiger partial charge in [0.2, 0.25) is 0 Å². The largest absolute Gasteiger partial charge is 0.492 e. The molecular weight excluding hydrogens is 244 g/mol. The van der Waals surface area contributed by atoms with Crippen LogP contribution in [0.2, 0.25) is 0 Å². The molecule has 4 heteroatoms. The molecule has 2 rings (SSSR count). The highest BCUT2D eigenvalue weighted by Gasteiger charge is 2.17. The highest BCUT2D eigenvalue weighted by atomic mass is 32.2. The molecule has 1 aromatic heterocycles. The van der Waals surface area contributed by atoms with Crippen molar-refractivity contribution in [3.63, 3.8) is 0 Å². The molecule has 2 N–H and O–H groups in total. The van der Waals surface area contributed by atoms with Crippen molar-refractivity contribution in [3.8, 4) is 5.75 Å². The summed E-state index contributed by atoms with van der Waals surface area (Å²) in [7, 11) is 0. The summed E-state index contributed by atoms with van der Waals surface area (Å²) in [5, 5.41) is 0.819. The van der Waals surface area contributed by atoms with Crippen molar-refractivity contribution in [2.75, 3.05) is 12.4 Å². The molecule has 0 bridgehead atoms. The van der Waals surface area contributed by atoms with Crippen LogP contribution >= 0.6 is 11.8 Å². The van der Waals surface area contributed by atoms with Gasteiger partial charge in [0.15, 0.2) is 0 Å². The monoisotopic (exact) mass is 266 g/mol. The lowest BCUT2D eigenvalue weighted by Crippen LogP contribution is -2.15. The molecule has 0 aliphatic heterocycles. The summed E-state index contributed by atoms with van der Waals surface area (Å²) in [4.78, 5) is 4.19. The van der Waals surface area contributed by atoms with Crippen molar-refractivity contribution in [1.29, 1.82) is 0 Å². The van der Waals surface area contributed by atoms with E-state index in [-0.39, 0.29) is 6.04 Å². The average Bonchev–Trinajstić information content (AvgIpc) is 2.90. The molecule has 1 aromatic rings. The van der Waals surface area contributed by atoms with Crippen LogP contribution in [0, 0.1) is 0 Å². The van der Waals surface area contributed by atoms with Gasteiger partial charge in [-0.1, -0.05) is 12.8 Å². The van der Waals surface area contributed by atoms with E-state index in [0.717, 1.165) is 22.3 Å². The fourth-order valence-electron chi connectivity index (χ4n) is 2.27. The minimum atomic E-state index is 0.0588. The summed E-state index contributed by atoms with van der Waals surface area (Å²) < 4.78 is 5.45. The van der Waals surface area contributed by atoms with Crippen LogP contribution < -0.4 is 10.5 Å². The van der Waals surface area contributed by atoms with Crippen molar-refractivity contribution < 1.29 is 4.74 Å². The molecular formula is C14H22N2OS. The molecule has 1 aliphatic carbocycles. The summed E-state index contributed by atoms with van der Waals surface area (Å²) in [5.41, 5.74) is 7.30. The Balaban J connectivity index is 1.86. The van der Waals surface area contributed by atoms with Gasteiger partial charge >= 0.3 is 0 Å². The van der Waals surface area contributed by atoms with Crippen molar-refractivity contribution in [2.24, 2.45) is 5.73 Å². The highest BCUT2D eigenvalue weighted by molar-refractivity contribution is 7.99. The van der Waals surface area contributed by atoms with Gasteiger partial charge in [0.1, 0.15) is 5.75 Å². The van der Waals surface area contributed by atoms with E-state index in [9.17, 15) is 0 Å². The van der Waals surface area contributed by atoms with Crippen molar-refractivity contribution in [3.05, 3.63) is 24.0 Å². The second-order valence-electron chi connectivity index (χ2n) is 4.73. The van der Waals surface area contributed by atoms with Crippen molar-refractivity contribution in [2.45, 2.75) is 43.9 Å². The van der Waals surface area contributed by atoms with Crippen LogP contribution in [-0.2, 0) is 0 Å². The maximum Gasteiger partial charge on any atom is 0.137 e. The van der Waals surface area contributed by atoms with Crippen LogP contribution in [0.5, 0.6) is 5.75 Å². The Labute approximate surface area is 114 Å². The molecule has 3 nitrogen and oxygen atoms in total. The number of rotatable bonds is 6. The highest BCUT2D eigenvalue weighted by Crippen LogP contribution is 2.31. The van der Waals surface area contributed by atoms with Gasteiger partial charge in [-0.25, -0.2) is 0 Å². The first-order valence-corrected chi connectivity index (χ1v) is 7.79. The standard InChI is InChI=1S/C14H22N2OS/c1-2-17-12-7-11(8-16-9-12)14(15)10-18-13-5-3-4-6-13/h7-9,13-14H,2-6,10,15H2,1H3. The SMILES string of the molecule is CCOc1cncc(C(N)CSC2CCCC2)c1. The summed E-state index contributed by atoms with van der Waals surface area (Å²) in [6, 6.07) is 2.07. The molecule has 1 saturated carbocycles. The van der Waals surface area contributed by atoms with Crippen LogP contribution in [0.25, 0.3) is 0 Å². The topological polar surface area (TPSA) is 48.1 Å². The Kier molecular flexibility index (Phi) is 5.32. The molecule has 0 saturated heterocycles. The maximum atomic E-state index is 6.22. The predicted octanol–water partition coefficient (Wildman–Crippen LogP) is 3.16. The number of aromatic nitrogens is 1. The number of ether oxygens (including phenoxy) is 1. The van der Waals surface area contributed by atoms with Crippen molar-refractivity contribution in [1.82, 2.24) is 4.98 Å². The minimum absolute atomic E-state index is 0.0588. The Morgan fingerprint density at radius 3 is 2.94 bits per heavy atom. The number of pyridine rings is 1. The molecule has 1 aliphatic rings. The summed E-state index contributed by atoms with van der Waals surface area (Å²) in [6.45, 7) is 2.64. The van der Waals surface area contributed by atoms with E-state index in [1.54, 1.807) is 6.20 Å². The molecule has 1 unspecified atom stereocenters. The second kappa shape index (κ2) is 7.00. The van der Waals surface area contributed by atoms with Gasteiger partial charge in [-0.2, -0.15) is 11.8 Å². The normalized spacial score (nSPS) is 17.9. The van der Waals surface area contributed by atoms with E-state index in [0.29, 0.717) is 6.61 Å². The zero-order valence-electron chi connectivity index (χ0n) is 11.0. The zero-order chi connectivity index (χ0) is 12.8. The van der Waals surface area contributed by atoms with Gasteiger partial charge in [0.25, 0.3) is 0 Å². The molecule has 0 spiro atoms. The van der Waals surface area contributed by atoms with E-state index in [1.807, 2.05) is 30.9 Å². The Bertz CT molecular complexity index is 367. The van der Waals surface area contributed by atoms with Gasteiger partial charge in [0, 0.05) is 23.2 Å². The van der Waals surface area contributed by atoms with Gasteiger partial charge in [0.05, 0.1) is 12.8 Å². The van der Waals surface area contributed by atoms with Crippen LogP contribution in [0.15, 0.2) is 18.5 Å². The summed E-state index contributed by atoms with van der Waals surface area (Å²) in [6.07, 6.45) is 9.07. The Morgan fingerprint density at radius 2 is 2.22 bits per heavy atom. The lowest BCUT2D eigenvalue weighted by Gasteiger charge is -2.15. The molecule has 0 radical (unpaired) electrons. The van der Waals surface area contributed by atoms with Crippen LogP contribution in [0.4, 0.5) is 0 Å². The number of nitrogens with zero attached hydrogens (tertiary/aromatic N) is 1. The van der Waals surface area contributed by atoms with Crippen molar-refractivity contribution >= 4 is 11.8 Å². The van der Waals surface area contributed by atoms with E-state index >= 15 is 0 Å².